The number of benzene rings is 1. The highest BCUT2D eigenvalue weighted by atomic mass is 19.1. The molecule has 1 aromatic heterocycles. The molecule has 0 unspecified atom stereocenters. The Bertz CT molecular complexity index is 677. The third kappa shape index (κ3) is 1.66. The van der Waals surface area contributed by atoms with Crippen LogP contribution < -0.4 is 10.2 Å². The van der Waals surface area contributed by atoms with Crippen LogP contribution in [0.1, 0.15) is 11.1 Å². The van der Waals surface area contributed by atoms with Crippen molar-refractivity contribution in [2.24, 2.45) is 0 Å². The molecule has 5 heteroatoms. The van der Waals surface area contributed by atoms with Gasteiger partial charge in [-0.3, -0.25) is 4.79 Å². The van der Waals surface area contributed by atoms with Crippen molar-refractivity contribution in [2.75, 3.05) is 7.11 Å². The summed E-state index contributed by atoms with van der Waals surface area (Å²) in [6.07, 6.45) is 1.41. The molecular formula is C13H13F2NO2. The van der Waals surface area contributed by atoms with E-state index >= 15 is 0 Å². The van der Waals surface area contributed by atoms with E-state index in [2.05, 4.69) is 0 Å². The molecule has 0 fully saturated rings. The highest BCUT2D eigenvalue weighted by molar-refractivity contribution is 5.87. The Balaban J connectivity index is 3.09. The van der Waals surface area contributed by atoms with E-state index in [-0.39, 0.29) is 27.6 Å². The maximum absolute atomic E-state index is 13.7. The summed E-state index contributed by atoms with van der Waals surface area (Å²) in [5.74, 6) is -0.341. The number of hydrogen-bond donors (Lipinski definition) is 0. The predicted octanol–water partition coefficient (Wildman–Crippen LogP) is 2.69. The lowest BCUT2D eigenvalue weighted by atomic mass is 10.1. The number of halogens is 2. The van der Waals surface area contributed by atoms with Crippen LogP contribution in [0.2, 0.25) is 0 Å². The first-order chi connectivity index (χ1) is 8.51. The molecule has 0 aliphatic heterocycles. The Kier molecular flexibility index (Phi) is 3.07. The predicted molar refractivity (Wildman–Crippen MR) is 65.3 cm³/mol. The molecule has 0 saturated carbocycles. The van der Waals surface area contributed by atoms with Crippen LogP contribution in [0.15, 0.2) is 17.1 Å². The molecule has 0 aliphatic rings. The van der Waals surface area contributed by atoms with E-state index < -0.39 is 12.6 Å². The second kappa shape index (κ2) is 4.40. The quantitative estimate of drug-likeness (QED) is 0.824. The molecule has 0 saturated heterocycles. The van der Waals surface area contributed by atoms with Crippen LogP contribution in [0.25, 0.3) is 10.9 Å². The van der Waals surface area contributed by atoms with Gasteiger partial charge in [0.15, 0.2) is 12.2 Å². The maximum Gasteiger partial charge on any atom is 0.192 e. The van der Waals surface area contributed by atoms with Gasteiger partial charge in [0.1, 0.15) is 11.6 Å². The zero-order valence-electron chi connectivity index (χ0n) is 10.4. The molecule has 2 aromatic rings. The van der Waals surface area contributed by atoms with E-state index in [9.17, 15) is 13.6 Å². The van der Waals surface area contributed by atoms with Gasteiger partial charge < -0.3 is 9.30 Å². The Hall–Kier alpha value is -1.91. The van der Waals surface area contributed by atoms with Gasteiger partial charge in [-0.2, -0.15) is 0 Å². The second-order valence-electron chi connectivity index (χ2n) is 4.14. The minimum absolute atomic E-state index is 0.132. The van der Waals surface area contributed by atoms with Gasteiger partial charge in [0, 0.05) is 17.3 Å². The Morgan fingerprint density at radius 1 is 1.39 bits per heavy atom. The lowest BCUT2D eigenvalue weighted by Gasteiger charge is -2.14. The Labute approximate surface area is 103 Å². The van der Waals surface area contributed by atoms with Crippen LogP contribution in [0, 0.1) is 19.7 Å². The highest BCUT2D eigenvalue weighted by Crippen LogP contribution is 2.30. The number of fused-ring (bicyclic) bond motifs is 1. The van der Waals surface area contributed by atoms with Crippen molar-refractivity contribution < 1.29 is 13.5 Å². The summed E-state index contributed by atoms with van der Waals surface area (Å²) in [7, 11) is 1.37. The van der Waals surface area contributed by atoms with Gasteiger partial charge >= 0.3 is 0 Å². The first-order valence-corrected chi connectivity index (χ1v) is 5.44. The van der Waals surface area contributed by atoms with Crippen molar-refractivity contribution in [1.82, 2.24) is 4.57 Å². The molecule has 1 aromatic carbocycles. The zero-order chi connectivity index (χ0) is 13.4. The molecular weight excluding hydrogens is 240 g/mol. The SMILES string of the molecule is COc1c(C)c(F)cc2c(=O)c(C)cn(CF)c12. The van der Waals surface area contributed by atoms with Crippen LogP contribution in [0.5, 0.6) is 5.75 Å². The van der Waals surface area contributed by atoms with Gasteiger partial charge in [-0.15, -0.1) is 0 Å². The molecule has 1 heterocycles. The first kappa shape index (κ1) is 12.5. The number of rotatable bonds is 2. The average Bonchev–Trinajstić information content (AvgIpc) is 2.36. The number of methoxy groups -OCH3 is 1. The molecule has 2 rings (SSSR count). The van der Waals surface area contributed by atoms with Gasteiger partial charge in [0.25, 0.3) is 0 Å². The van der Waals surface area contributed by atoms with E-state index in [1.54, 1.807) is 6.92 Å². The molecule has 18 heavy (non-hydrogen) atoms. The van der Waals surface area contributed by atoms with Crippen molar-refractivity contribution in [2.45, 2.75) is 20.6 Å². The van der Waals surface area contributed by atoms with E-state index in [1.165, 1.54) is 24.8 Å². The van der Waals surface area contributed by atoms with E-state index in [1.807, 2.05) is 0 Å². The summed E-state index contributed by atoms with van der Waals surface area (Å²) in [5, 5.41) is 0.132. The number of ether oxygens (including phenoxy) is 1. The smallest absolute Gasteiger partial charge is 0.192 e. The van der Waals surface area contributed by atoms with Gasteiger partial charge in [-0.05, 0) is 19.9 Å². The highest BCUT2D eigenvalue weighted by Gasteiger charge is 2.16. The average molecular weight is 253 g/mol. The normalized spacial score (nSPS) is 10.9. The zero-order valence-corrected chi connectivity index (χ0v) is 10.4. The van der Waals surface area contributed by atoms with Gasteiger partial charge in [-0.1, -0.05) is 0 Å². The second-order valence-corrected chi connectivity index (χ2v) is 4.14. The molecule has 96 valence electrons. The lowest BCUT2D eigenvalue weighted by molar-refractivity contribution is 0.373. The first-order valence-electron chi connectivity index (χ1n) is 5.44. The van der Waals surface area contributed by atoms with Crippen molar-refractivity contribution >= 4 is 10.9 Å². The summed E-state index contributed by atoms with van der Waals surface area (Å²) >= 11 is 0. The number of nitrogens with zero attached hydrogens (tertiary/aromatic N) is 1. The fourth-order valence-electron chi connectivity index (χ4n) is 2.08. The van der Waals surface area contributed by atoms with Gasteiger partial charge in [0.2, 0.25) is 0 Å². The largest absolute Gasteiger partial charge is 0.494 e. The van der Waals surface area contributed by atoms with Gasteiger partial charge in [-0.25, -0.2) is 8.78 Å². The molecule has 0 aliphatic carbocycles. The summed E-state index contributed by atoms with van der Waals surface area (Å²) < 4.78 is 33.1. The number of pyridine rings is 1. The van der Waals surface area contributed by atoms with Crippen molar-refractivity contribution in [3.63, 3.8) is 0 Å². The standard InChI is InChI=1S/C13H13F2NO2/c1-7-5-16(6-14)11-9(12(7)17)4-10(15)8(2)13(11)18-3/h4-5H,6H2,1-3H3. The van der Waals surface area contributed by atoms with Gasteiger partial charge in [0.05, 0.1) is 18.0 Å². The third-order valence-corrected chi connectivity index (χ3v) is 3.01. The van der Waals surface area contributed by atoms with Crippen molar-refractivity contribution in [3.05, 3.63) is 39.4 Å². The molecule has 0 N–H and O–H groups in total. The van der Waals surface area contributed by atoms with Crippen LogP contribution in [-0.2, 0) is 6.80 Å². The molecule has 3 nitrogen and oxygen atoms in total. The maximum atomic E-state index is 13.7. The fourth-order valence-corrected chi connectivity index (χ4v) is 2.08. The number of alkyl halides is 1. The van der Waals surface area contributed by atoms with E-state index in [0.29, 0.717) is 5.56 Å². The number of hydrogen-bond acceptors (Lipinski definition) is 2. The van der Waals surface area contributed by atoms with Crippen molar-refractivity contribution in [3.8, 4) is 5.75 Å². The number of aromatic nitrogens is 1. The summed E-state index contributed by atoms with van der Waals surface area (Å²) in [4.78, 5) is 12.0. The van der Waals surface area contributed by atoms with Crippen LogP contribution in [0.4, 0.5) is 8.78 Å². The summed E-state index contributed by atoms with van der Waals surface area (Å²) in [6, 6.07) is 1.13. The van der Waals surface area contributed by atoms with E-state index in [0.717, 1.165) is 6.07 Å². The minimum Gasteiger partial charge on any atom is -0.494 e. The summed E-state index contributed by atoms with van der Waals surface area (Å²) in [6.45, 7) is 2.29. The minimum atomic E-state index is -0.806. The third-order valence-electron chi connectivity index (χ3n) is 3.01. The van der Waals surface area contributed by atoms with E-state index in [4.69, 9.17) is 4.74 Å². The number of aryl methyl sites for hydroxylation is 1. The Morgan fingerprint density at radius 2 is 2.06 bits per heavy atom. The van der Waals surface area contributed by atoms with Crippen LogP contribution >= 0.6 is 0 Å². The van der Waals surface area contributed by atoms with Crippen LogP contribution in [0.3, 0.4) is 0 Å². The molecule has 0 bridgehead atoms. The van der Waals surface area contributed by atoms with Crippen LogP contribution in [-0.4, -0.2) is 11.7 Å². The summed E-state index contributed by atoms with van der Waals surface area (Å²) in [5.41, 5.74) is 0.599. The molecule has 0 radical (unpaired) electrons. The fraction of sp³-hybridized carbons (Fsp3) is 0.308. The monoisotopic (exact) mass is 253 g/mol. The molecule has 0 amide bonds. The lowest BCUT2D eigenvalue weighted by Crippen LogP contribution is -2.13. The molecule has 0 spiro atoms. The Morgan fingerprint density at radius 3 is 2.61 bits per heavy atom. The topological polar surface area (TPSA) is 31.2 Å². The molecule has 0 atom stereocenters. The van der Waals surface area contributed by atoms with Crippen molar-refractivity contribution in [1.29, 1.82) is 0 Å².